The first-order chi connectivity index (χ1) is 20.2. The second-order valence-corrected chi connectivity index (χ2v) is 11.2. The summed E-state index contributed by atoms with van der Waals surface area (Å²) < 4.78 is 18.6. The lowest BCUT2D eigenvalue weighted by atomic mass is 9.88. The van der Waals surface area contributed by atoms with Gasteiger partial charge in [0.1, 0.15) is 24.2 Å². The summed E-state index contributed by atoms with van der Waals surface area (Å²) in [6, 6.07) is 28.3. The highest BCUT2D eigenvalue weighted by Gasteiger charge is 2.34. The van der Waals surface area contributed by atoms with Crippen molar-refractivity contribution < 1.29 is 19.0 Å². The summed E-state index contributed by atoms with van der Waals surface area (Å²) in [5.41, 5.74) is 3.87. The number of ether oxygens (including phenoxy) is 3. The number of para-hydroxylation sites is 1. The van der Waals surface area contributed by atoms with E-state index in [1.54, 1.807) is 0 Å². The number of piperidine rings is 1. The molecule has 1 aromatic heterocycles. The van der Waals surface area contributed by atoms with Crippen LogP contribution >= 0.6 is 0 Å². The fourth-order valence-electron chi connectivity index (χ4n) is 5.93. The minimum absolute atomic E-state index is 0.00773. The van der Waals surface area contributed by atoms with Gasteiger partial charge in [-0.25, -0.2) is 4.98 Å². The third-order valence-electron chi connectivity index (χ3n) is 8.11. The Kier molecular flexibility index (Phi) is 8.77. The van der Waals surface area contributed by atoms with Gasteiger partial charge >= 0.3 is 5.97 Å². The van der Waals surface area contributed by atoms with Crippen LogP contribution in [0.2, 0.25) is 0 Å². The fraction of sp³-hybridized carbons (Fsp3) is 0.371. The topological polar surface area (TPSA) is 60.9 Å². The van der Waals surface area contributed by atoms with Gasteiger partial charge in [-0.2, -0.15) is 0 Å². The zero-order valence-electron chi connectivity index (χ0n) is 23.5. The van der Waals surface area contributed by atoms with E-state index in [-0.39, 0.29) is 11.9 Å². The molecule has 3 aromatic carbocycles. The molecule has 6 heteroatoms. The molecule has 0 N–H and O–H groups in total. The van der Waals surface area contributed by atoms with Crippen LogP contribution < -0.4 is 9.47 Å². The van der Waals surface area contributed by atoms with E-state index in [1.165, 1.54) is 24.8 Å². The Balaban J connectivity index is 1.16. The van der Waals surface area contributed by atoms with Crippen LogP contribution in [0, 0.1) is 5.92 Å². The number of hydrogen-bond acceptors (Lipinski definition) is 6. The van der Waals surface area contributed by atoms with Crippen LogP contribution in [0.25, 0.3) is 10.9 Å². The monoisotopic (exact) mass is 550 g/mol. The number of fused-ring (bicyclic) bond motifs is 2. The maximum Gasteiger partial charge on any atom is 0.306 e. The molecule has 2 aliphatic rings. The molecule has 2 aliphatic heterocycles. The maximum atomic E-state index is 13.1. The molecule has 0 bridgehead atoms. The first-order valence-electron chi connectivity index (χ1n) is 14.9. The van der Waals surface area contributed by atoms with Crippen molar-refractivity contribution in [3.8, 4) is 11.5 Å². The number of likely N-dealkylation sites (tertiary alicyclic amines) is 1. The van der Waals surface area contributed by atoms with E-state index in [4.69, 9.17) is 19.2 Å². The van der Waals surface area contributed by atoms with Gasteiger partial charge in [0.25, 0.3) is 0 Å². The summed E-state index contributed by atoms with van der Waals surface area (Å²) in [5, 5.41) is 1.10. The van der Waals surface area contributed by atoms with Gasteiger partial charge in [0, 0.05) is 23.3 Å². The number of aromatic nitrogens is 1. The maximum absolute atomic E-state index is 13.1. The summed E-state index contributed by atoms with van der Waals surface area (Å²) in [6.07, 6.45) is 5.43. The average Bonchev–Trinajstić information content (AvgIpc) is 3.02. The van der Waals surface area contributed by atoms with Crippen molar-refractivity contribution in [1.29, 1.82) is 0 Å². The normalized spacial score (nSPS) is 18.8. The molecule has 2 atom stereocenters. The number of esters is 1. The Bertz CT molecular complexity index is 1450. The molecule has 6 nitrogen and oxygen atoms in total. The third-order valence-corrected chi connectivity index (χ3v) is 8.11. The van der Waals surface area contributed by atoms with Crippen molar-refractivity contribution in [3.05, 3.63) is 102 Å². The minimum Gasteiger partial charge on any atom is -0.493 e. The lowest BCUT2D eigenvalue weighted by Gasteiger charge is -2.33. The van der Waals surface area contributed by atoms with Crippen LogP contribution in [0.1, 0.15) is 55.0 Å². The molecule has 0 spiro atoms. The third kappa shape index (κ3) is 7.06. The Hall–Kier alpha value is -3.90. The molecular formula is C35H38N2O4. The Labute approximate surface area is 242 Å². The molecule has 1 fully saturated rings. The summed E-state index contributed by atoms with van der Waals surface area (Å²) in [7, 11) is 0. The highest BCUT2D eigenvalue weighted by molar-refractivity contribution is 5.78. The molecule has 3 heterocycles. The summed E-state index contributed by atoms with van der Waals surface area (Å²) >= 11 is 0. The van der Waals surface area contributed by atoms with Gasteiger partial charge in [-0.3, -0.25) is 4.79 Å². The van der Waals surface area contributed by atoms with E-state index in [1.807, 2.05) is 60.7 Å². The lowest BCUT2D eigenvalue weighted by Crippen LogP contribution is -2.32. The fourth-order valence-corrected chi connectivity index (χ4v) is 5.93. The van der Waals surface area contributed by atoms with E-state index in [2.05, 4.69) is 29.2 Å². The van der Waals surface area contributed by atoms with E-state index >= 15 is 0 Å². The predicted molar refractivity (Wildman–Crippen MR) is 160 cm³/mol. The van der Waals surface area contributed by atoms with E-state index < -0.39 is 6.10 Å². The van der Waals surface area contributed by atoms with E-state index in [0.29, 0.717) is 25.4 Å². The highest BCUT2D eigenvalue weighted by atomic mass is 16.6. The van der Waals surface area contributed by atoms with Crippen LogP contribution in [-0.2, 0) is 22.6 Å². The predicted octanol–water partition coefficient (Wildman–Crippen LogP) is 6.92. The van der Waals surface area contributed by atoms with Crippen molar-refractivity contribution in [2.75, 3.05) is 26.2 Å². The molecule has 0 aliphatic carbocycles. The van der Waals surface area contributed by atoms with Crippen LogP contribution in [0.4, 0.5) is 0 Å². The molecule has 0 amide bonds. The molecule has 1 saturated heterocycles. The van der Waals surface area contributed by atoms with Gasteiger partial charge in [0.05, 0.1) is 17.8 Å². The van der Waals surface area contributed by atoms with Gasteiger partial charge in [-0.05, 0) is 81.2 Å². The molecule has 0 unspecified atom stereocenters. The lowest BCUT2D eigenvalue weighted by molar-refractivity contribution is -0.154. The Morgan fingerprint density at radius 3 is 2.63 bits per heavy atom. The Morgan fingerprint density at radius 2 is 1.76 bits per heavy atom. The van der Waals surface area contributed by atoms with Gasteiger partial charge < -0.3 is 19.1 Å². The first-order valence-corrected chi connectivity index (χ1v) is 14.9. The van der Waals surface area contributed by atoms with Crippen LogP contribution in [-0.4, -0.2) is 42.1 Å². The second-order valence-electron chi connectivity index (χ2n) is 11.2. The zero-order chi connectivity index (χ0) is 27.9. The van der Waals surface area contributed by atoms with Gasteiger partial charge in [0.2, 0.25) is 0 Å². The molecule has 0 radical (unpaired) electrons. The molecule has 0 saturated carbocycles. The van der Waals surface area contributed by atoms with Gasteiger partial charge in [-0.1, -0.05) is 61.0 Å². The number of hydrogen-bond donors (Lipinski definition) is 0. The number of carbonyl (C=O) groups excluding carboxylic acids is 1. The number of benzene rings is 3. The largest absolute Gasteiger partial charge is 0.493 e. The average molecular weight is 551 g/mol. The number of pyridine rings is 1. The van der Waals surface area contributed by atoms with Crippen LogP contribution in [0.5, 0.6) is 11.5 Å². The number of carbonyl (C=O) groups is 1. The molecule has 41 heavy (non-hydrogen) atoms. The van der Waals surface area contributed by atoms with Crippen molar-refractivity contribution in [2.45, 2.75) is 51.2 Å². The first kappa shape index (κ1) is 27.3. The molecule has 4 aromatic rings. The quantitative estimate of drug-likeness (QED) is 0.200. The Morgan fingerprint density at radius 1 is 0.927 bits per heavy atom. The zero-order valence-corrected chi connectivity index (χ0v) is 23.5. The van der Waals surface area contributed by atoms with Crippen LogP contribution in [0.3, 0.4) is 0 Å². The number of rotatable bonds is 10. The van der Waals surface area contributed by atoms with Gasteiger partial charge in [-0.15, -0.1) is 0 Å². The summed E-state index contributed by atoms with van der Waals surface area (Å²) in [6.45, 7) is 4.07. The molecular weight excluding hydrogens is 512 g/mol. The smallest absolute Gasteiger partial charge is 0.306 e. The minimum atomic E-state index is -0.399. The van der Waals surface area contributed by atoms with Crippen LogP contribution in [0.15, 0.2) is 84.9 Å². The summed E-state index contributed by atoms with van der Waals surface area (Å²) in [4.78, 5) is 20.3. The van der Waals surface area contributed by atoms with Gasteiger partial charge in [0.15, 0.2) is 0 Å². The van der Waals surface area contributed by atoms with E-state index in [0.717, 1.165) is 60.4 Å². The molecule has 6 rings (SSSR count). The second kappa shape index (κ2) is 13.2. The SMILES string of the molecule is O=C(CCCN1CCCCC1)O[C@H]1c2cc(OCc3ccc4ccccc4n3)ccc2OC[C@@H]1Cc1ccccc1. The molecule has 212 valence electrons. The van der Waals surface area contributed by atoms with E-state index in [9.17, 15) is 4.79 Å². The van der Waals surface area contributed by atoms with Crippen molar-refractivity contribution in [2.24, 2.45) is 5.92 Å². The number of nitrogens with zero attached hydrogens (tertiary/aromatic N) is 2. The highest BCUT2D eigenvalue weighted by Crippen LogP contribution is 2.41. The van der Waals surface area contributed by atoms with Crippen molar-refractivity contribution in [1.82, 2.24) is 9.88 Å². The summed E-state index contributed by atoms with van der Waals surface area (Å²) in [5.74, 6) is 1.31. The standard InChI is InChI=1S/C35H38N2O4/c38-34(14-9-21-37-19-7-2-8-20-37)41-35-28(22-26-10-3-1-4-11-26)24-40-33-18-17-30(23-31(33)35)39-25-29-16-15-27-12-5-6-13-32(27)36-29/h1,3-6,10-13,15-18,23,28,35H,2,7-9,14,19-22,24-25H2/t28-,35+/m0/s1. The van der Waals surface area contributed by atoms with Crippen molar-refractivity contribution >= 4 is 16.9 Å². The van der Waals surface area contributed by atoms with Crippen molar-refractivity contribution in [3.63, 3.8) is 0 Å².